The van der Waals surface area contributed by atoms with Crippen molar-refractivity contribution in [2.75, 3.05) is 6.54 Å². The SMILES string of the molecule is CC(C)C[C@@H](NC(=O)CCCNC(=O)NC1CCCCC1)C(=O)O. The van der Waals surface area contributed by atoms with Gasteiger partial charge in [-0.15, -0.1) is 0 Å². The van der Waals surface area contributed by atoms with Crippen LogP contribution in [0.5, 0.6) is 0 Å². The fourth-order valence-corrected chi connectivity index (χ4v) is 2.89. The van der Waals surface area contributed by atoms with Crippen molar-refractivity contribution < 1.29 is 19.5 Å². The van der Waals surface area contributed by atoms with Crippen molar-refractivity contribution in [2.45, 2.75) is 77.3 Å². The van der Waals surface area contributed by atoms with Gasteiger partial charge in [-0.2, -0.15) is 0 Å². The lowest BCUT2D eigenvalue weighted by molar-refractivity contribution is -0.142. The van der Waals surface area contributed by atoms with Crippen LogP contribution in [-0.4, -0.2) is 41.6 Å². The molecule has 0 aromatic rings. The Labute approximate surface area is 144 Å². The molecule has 0 bridgehead atoms. The van der Waals surface area contributed by atoms with Crippen LogP contribution in [0.1, 0.15) is 65.2 Å². The fourth-order valence-electron chi connectivity index (χ4n) is 2.89. The van der Waals surface area contributed by atoms with Gasteiger partial charge in [0.2, 0.25) is 5.91 Å². The van der Waals surface area contributed by atoms with E-state index in [0.29, 0.717) is 19.4 Å². The van der Waals surface area contributed by atoms with Gasteiger partial charge in [-0.25, -0.2) is 9.59 Å². The van der Waals surface area contributed by atoms with Crippen molar-refractivity contribution >= 4 is 17.9 Å². The molecule has 4 N–H and O–H groups in total. The summed E-state index contributed by atoms with van der Waals surface area (Å²) in [5.41, 5.74) is 0. The van der Waals surface area contributed by atoms with Gasteiger partial charge in [-0.1, -0.05) is 33.1 Å². The van der Waals surface area contributed by atoms with Gasteiger partial charge in [-0.3, -0.25) is 4.79 Å². The average Bonchev–Trinajstić information content (AvgIpc) is 2.51. The van der Waals surface area contributed by atoms with E-state index in [4.69, 9.17) is 5.11 Å². The van der Waals surface area contributed by atoms with Gasteiger partial charge >= 0.3 is 12.0 Å². The Hall–Kier alpha value is -1.79. The van der Waals surface area contributed by atoms with Crippen molar-refractivity contribution in [3.63, 3.8) is 0 Å². The molecular weight excluding hydrogens is 310 g/mol. The van der Waals surface area contributed by atoms with Crippen molar-refractivity contribution in [2.24, 2.45) is 5.92 Å². The minimum absolute atomic E-state index is 0.189. The molecule has 0 saturated heterocycles. The predicted octanol–water partition coefficient (Wildman–Crippen LogP) is 2.01. The van der Waals surface area contributed by atoms with E-state index in [-0.39, 0.29) is 30.3 Å². The Morgan fingerprint density at radius 1 is 1.12 bits per heavy atom. The molecule has 0 spiro atoms. The topological polar surface area (TPSA) is 108 Å². The van der Waals surface area contributed by atoms with Crippen molar-refractivity contribution in [1.82, 2.24) is 16.0 Å². The summed E-state index contributed by atoms with van der Waals surface area (Å²) >= 11 is 0. The van der Waals surface area contributed by atoms with Crippen LogP contribution < -0.4 is 16.0 Å². The van der Waals surface area contributed by atoms with Gasteiger partial charge in [0, 0.05) is 19.0 Å². The third kappa shape index (κ3) is 8.74. The molecule has 0 heterocycles. The highest BCUT2D eigenvalue weighted by molar-refractivity contribution is 5.83. The number of nitrogens with one attached hydrogen (secondary N) is 3. The van der Waals surface area contributed by atoms with Gasteiger partial charge in [0.1, 0.15) is 6.04 Å². The zero-order valence-electron chi connectivity index (χ0n) is 14.8. The summed E-state index contributed by atoms with van der Waals surface area (Å²) in [6, 6.07) is -0.778. The standard InChI is InChI=1S/C17H31N3O4/c1-12(2)11-14(16(22)23)20-15(21)9-6-10-18-17(24)19-13-7-4-3-5-8-13/h12-14H,3-11H2,1-2H3,(H,20,21)(H,22,23)(H2,18,19,24)/t14-/m1/s1. The molecule has 1 aliphatic carbocycles. The van der Waals surface area contributed by atoms with Crippen LogP contribution in [0.3, 0.4) is 0 Å². The lowest BCUT2D eigenvalue weighted by atomic mass is 9.96. The zero-order valence-corrected chi connectivity index (χ0v) is 14.8. The summed E-state index contributed by atoms with van der Waals surface area (Å²) < 4.78 is 0. The number of amides is 3. The molecular formula is C17H31N3O4. The molecule has 1 aliphatic rings. The van der Waals surface area contributed by atoms with E-state index in [1.165, 1.54) is 6.42 Å². The van der Waals surface area contributed by atoms with Crippen molar-refractivity contribution in [1.29, 1.82) is 0 Å². The molecule has 3 amide bonds. The maximum atomic E-state index is 11.8. The van der Waals surface area contributed by atoms with E-state index >= 15 is 0 Å². The average molecular weight is 341 g/mol. The highest BCUT2D eigenvalue weighted by atomic mass is 16.4. The summed E-state index contributed by atoms with van der Waals surface area (Å²) in [4.78, 5) is 34.6. The molecule has 7 nitrogen and oxygen atoms in total. The number of carboxylic acid groups (broad SMARTS) is 1. The molecule has 0 aliphatic heterocycles. The third-order valence-electron chi connectivity index (χ3n) is 4.15. The number of hydrogen-bond donors (Lipinski definition) is 4. The van der Waals surface area contributed by atoms with E-state index in [9.17, 15) is 14.4 Å². The van der Waals surface area contributed by atoms with Crippen LogP contribution in [0.4, 0.5) is 4.79 Å². The van der Waals surface area contributed by atoms with Gasteiger partial charge in [-0.05, 0) is 31.6 Å². The molecule has 1 rings (SSSR count). The second-order valence-electron chi connectivity index (χ2n) is 6.93. The van der Waals surface area contributed by atoms with Gasteiger partial charge in [0.05, 0.1) is 0 Å². The Kier molecular flexibility index (Phi) is 9.19. The quantitative estimate of drug-likeness (QED) is 0.481. The third-order valence-corrected chi connectivity index (χ3v) is 4.15. The minimum atomic E-state index is -1.01. The first-order valence-corrected chi connectivity index (χ1v) is 8.95. The summed E-state index contributed by atoms with van der Waals surface area (Å²) in [6.07, 6.45) is 6.71. The Balaban J connectivity index is 2.15. The van der Waals surface area contributed by atoms with Gasteiger partial charge in [0.15, 0.2) is 0 Å². The smallest absolute Gasteiger partial charge is 0.326 e. The first-order chi connectivity index (χ1) is 11.4. The molecule has 138 valence electrons. The molecule has 0 radical (unpaired) electrons. The highest BCUT2D eigenvalue weighted by Gasteiger charge is 2.20. The number of rotatable bonds is 9. The second-order valence-corrected chi connectivity index (χ2v) is 6.93. The summed E-state index contributed by atoms with van der Waals surface area (Å²) in [7, 11) is 0. The number of aliphatic carboxylic acids is 1. The highest BCUT2D eigenvalue weighted by Crippen LogP contribution is 2.17. The summed E-state index contributed by atoms with van der Waals surface area (Å²) in [5, 5.41) is 17.3. The summed E-state index contributed by atoms with van der Waals surface area (Å²) in [6.45, 7) is 4.22. The zero-order chi connectivity index (χ0) is 17.9. The summed E-state index contributed by atoms with van der Waals surface area (Å²) in [5.74, 6) is -1.11. The van der Waals surface area contributed by atoms with Crippen molar-refractivity contribution in [3.05, 3.63) is 0 Å². The first kappa shape index (κ1) is 20.3. The maximum absolute atomic E-state index is 11.8. The van der Waals surface area contributed by atoms with Crippen molar-refractivity contribution in [3.8, 4) is 0 Å². The number of urea groups is 1. The number of hydrogen-bond acceptors (Lipinski definition) is 3. The van der Waals surface area contributed by atoms with E-state index in [1.54, 1.807) is 0 Å². The number of carboxylic acids is 1. The lowest BCUT2D eigenvalue weighted by Crippen LogP contribution is -2.44. The monoisotopic (exact) mass is 341 g/mol. The predicted molar refractivity (Wildman–Crippen MR) is 91.7 cm³/mol. The fraction of sp³-hybridized carbons (Fsp3) is 0.824. The maximum Gasteiger partial charge on any atom is 0.326 e. The Morgan fingerprint density at radius 2 is 1.79 bits per heavy atom. The minimum Gasteiger partial charge on any atom is -0.480 e. The van der Waals surface area contributed by atoms with E-state index in [0.717, 1.165) is 25.7 Å². The second kappa shape index (κ2) is 10.9. The first-order valence-electron chi connectivity index (χ1n) is 8.95. The van der Waals surface area contributed by atoms with E-state index in [1.807, 2.05) is 13.8 Å². The lowest BCUT2D eigenvalue weighted by Gasteiger charge is -2.22. The van der Waals surface area contributed by atoms with Crippen LogP contribution in [0.25, 0.3) is 0 Å². The molecule has 1 fully saturated rings. The molecule has 0 unspecified atom stereocenters. The molecule has 0 aromatic carbocycles. The Morgan fingerprint density at radius 3 is 2.38 bits per heavy atom. The normalized spacial score (nSPS) is 16.5. The Bertz CT molecular complexity index is 420. The van der Waals surface area contributed by atoms with Crippen LogP contribution in [-0.2, 0) is 9.59 Å². The van der Waals surface area contributed by atoms with Crippen LogP contribution >= 0.6 is 0 Å². The van der Waals surface area contributed by atoms with Crippen LogP contribution in [0, 0.1) is 5.92 Å². The van der Waals surface area contributed by atoms with Gasteiger partial charge < -0.3 is 21.1 Å². The largest absolute Gasteiger partial charge is 0.480 e. The molecule has 1 saturated carbocycles. The van der Waals surface area contributed by atoms with E-state index in [2.05, 4.69) is 16.0 Å². The van der Waals surface area contributed by atoms with Crippen LogP contribution in [0.2, 0.25) is 0 Å². The van der Waals surface area contributed by atoms with E-state index < -0.39 is 12.0 Å². The molecule has 24 heavy (non-hydrogen) atoms. The molecule has 1 atom stereocenters. The number of carbonyl (C=O) groups is 3. The number of carbonyl (C=O) groups excluding carboxylic acids is 2. The van der Waals surface area contributed by atoms with Crippen LogP contribution in [0.15, 0.2) is 0 Å². The molecule has 0 aromatic heterocycles. The molecule has 7 heteroatoms. The van der Waals surface area contributed by atoms with Gasteiger partial charge in [0.25, 0.3) is 0 Å².